The molecule has 2 aliphatic rings. The van der Waals surface area contributed by atoms with Gasteiger partial charge in [0.1, 0.15) is 0 Å². The van der Waals surface area contributed by atoms with Crippen molar-refractivity contribution in [2.75, 3.05) is 6.54 Å². The van der Waals surface area contributed by atoms with Gasteiger partial charge in [-0.05, 0) is 19.3 Å². The highest BCUT2D eigenvalue weighted by molar-refractivity contribution is 6.05. The summed E-state index contributed by atoms with van der Waals surface area (Å²) in [6, 6.07) is 0.281. The van der Waals surface area contributed by atoms with Crippen LogP contribution in [0, 0.1) is 0 Å². The molecule has 0 bridgehead atoms. The average molecular weight is 179 g/mol. The Hall–Kier alpha value is -1.12. The van der Waals surface area contributed by atoms with Gasteiger partial charge in [-0.25, -0.2) is 0 Å². The van der Waals surface area contributed by atoms with Crippen molar-refractivity contribution in [2.24, 2.45) is 0 Å². The molecule has 1 aliphatic carbocycles. The Morgan fingerprint density at radius 1 is 1.31 bits per heavy atom. The van der Waals surface area contributed by atoms with Gasteiger partial charge in [0.15, 0.2) is 5.78 Å². The van der Waals surface area contributed by atoms with Crippen LogP contribution in [0.4, 0.5) is 0 Å². The number of carbonyl (C=O) groups is 2. The van der Waals surface area contributed by atoms with E-state index < -0.39 is 0 Å². The summed E-state index contributed by atoms with van der Waals surface area (Å²) in [5, 5.41) is 0. The van der Waals surface area contributed by atoms with Crippen LogP contribution in [-0.4, -0.2) is 29.2 Å². The number of hydrogen-bond donors (Lipinski definition) is 0. The van der Waals surface area contributed by atoms with Crippen LogP contribution < -0.4 is 0 Å². The predicted molar refractivity (Wildman–Crippen MR) is 48.1 cm³/mol. The molecule has 3 nitrogen and oxygen atoms in total. The maximum Gasteiger partial charge on any atom is 0.230 e. The van der Waals surface area contributed by atoms with Gasteiger partial charge in [0.2, 0.25) is 5.91 Å². The Bertz CT molecular complexity index is 270. The van der Waals surface area contributed by atoms with Crippen LogP contribution in [0.25, 0.3) is 0 Å². The standard InChI is InChI=1S/C10H13NO2/c12-9-6-10(13)11(7-9)8-4-2-1-3-5-8/h1-2,8H,3-7H2. The summed E-state index contributed by atoms with van der Waals surface area (Å²) >= 11 is 0. The molecule has 1 heterocycles. The lowest BCUT2D eigenvalue weighted by atomic mass is 10.0. The van der Waals surface area contributed by atoms with Gasteiger partial charge >= 0.3 is 0 Å². The van der Waals surface area contributed by atoms with Crippen molar-refractivity contribution in [1.29, 1.82) is 0 Å². The van der Waals surface area contributed by atoms with Crippen molar-refractivity contribution in [1.82, 2.24) is 4.90 Å². The first-order chi connectivity index (χ1) is 6.27. The number of rotatable bonds is 1. The highest BCUT2D eigenvalue weighted by Crippen LogP contribution is 2.21. The van der Waals surface area contributed by atoms with E-state index >= 15 is 0 Å². The van der Waals surface area contributed by atoms with E-state index in [1.807, 2.05) is 0 Å². The van der Waals surface area contributed by atoms with Crippen molar-refractivity contribution in [3.63, 3.8) is 0 Å². The monoisotopic (exact) mass is 179 g/mol. The molecule has 1 amide bonds. The molecule has 0 saturated carbocycles. The Balaban J connectivity index is 2.04. The topological polar surface area (TPSA) is 37.4 Å². The largest absolute Gasteiger partial charge is 0.332 e. The third-order valence-corrected chi connectivity index (χ3v) is 2.70. The zero-order chi connectivity index (χ0) is 9.26. The third-order valence-electron chi connectivity index (χ3n) is 2.70. The molecule has 70 valence electrons. The van der Waals surface area contributed by atoms with E-state index in [1.54, 1.807) is 4.90 Å². The molecule has 0 aromatic heterocycles. The third kappa shape index (κ3) is 1.64. The quantitative estimate of drug-likeness (QED) is 0.443. The summed E-state index contributed by atoms with van der Waals surface area (Å²) in [6.45, 7) is 0.345. The zero-order valence-corrected chi connectivity index (χ0v) is 7.53. The smallest absolute Gasteiger partial charge is 0.230 e. The van der Waals surface area contributed by atoms with Gasteiger partial charge in [0.25, 0.3) is 0 Å². The number of carbonyl (C=O) groups excluding carboxylic acids is 2. The molecule has 2 rings (SSSR count). The molecular weight excluding hydrogens is 166 g/mol. The molecule has 1 aliphatic heterocycles. The number of nitrogens with zero attached hydrogens (tertiary/aromatic N) is 1. The van der Waals surface area contributed by atoms with Gasteiger partial charge < -0.3 is 4.90 Å². The van der Waals surface area contributed by atoms with Gasteiger partial charge in [-0.3, -0.25) is 9.59 Å². The first kappa shape index (κ1) is 8.48. The van der Waals surface area contributed by atoms with Crippen molar-refractivity contribution in [3.8, 4) is 0 Å². The van der Waals surface area contributed by atoms with E-state index in [-0.39, 0.29) is 24.2 Å². The number of allylic oxidation sites excluding steroid dienone is 1. The van der Waals surface area contributed by atoms with Crippen LogP contribution in [0.15, 0.2) is 12.2 Å². The minimum absolute atomic E-state index is 0.0188. The normalized spacial score (nSPS) is 28.6. The van der Waals surface area contributed by atoms with Crippen LogP contribution in [-0.2, 0) is 9.59 Å². The molecule has 3 heteroatoms. The number of hydrogen-bond acceptors (Lipinski definition) is 2. The maximum absolute atomic E-state index is 11.4. The fourth-order valence-electron chi connectivity index (χ4n) is 2.00. The van der Waals surface area contributed by atoms with Gasteiger partial charge in [0, 0.05) is 6.04 Å². The fraction of sp³-hybridized carbons (Fsp3) is 0.600. The van der Waals surface area contributed by atoms with Crippen LogP contribution in [0.5, 0.6) is 0 Å². The number of ketones is 1. The summed E-state index contributed by atoms with van der Waals surface area (Å²) in [5.74, 6) is 0.0878. The van der Waals surface area contributed by atoms with Gasteiger partial charge in [-0.2, -0.15) is 0 Å². The number of amides is 1. The summed E-state index contributed by atoms with van der Waals surface area (Å²) in [5.41, 5.74) is 0. The van der Waals surface area contributed by atoms with Crippen LogP contribution in [0.3, 0.4) is 0 Å². The highest BCUT2D eigenvalue weighted by atomic mass is 16.2. The minimum Gasteiger partial charge on any atom is -0.332 e. The molecule has 0 radical (unpaired) electrons. The lowest BCUT2D eigenvalue weighted by molar-refractivity contribution is -0.129. The predicted octanol–water partition coefficient (Wildman–Crippen LogP) is 0.897. The van der Waals surface area contributed by atoms with Gasteiger partial charge in [0.05, 0.1) is 13.0 Å². The van der Waals surface area contributed by atoms with E-state index in [0.29, 0.717) is 6.54 Å². The molecule has 1 atom stereocenters. The zero-order valence-electron chi connectivity index (χ0n) is 7.53. The van der Waals surface area contributed by atoms with Crippen molar-refractivity contribution >= 4 is 11.7 Å². The molecule has 1 saturated heterocycles. The van der Waals surface area contributed by atoms with Crippen LogP contribution in [0.1, 0.15) is 25.7 Å². The number of Topliss-reactive ketones (excluding diaryl/α,β-unsaturated/α-hetero) is 1. The molecule has 0 N–H and O–H groups in total. The lowest BCUT2D eigenvalue weighted by Crippen LogP contribution is -2.37. The summed E-state index contributed by atoms with van der Waals surface area (Å²) < 4.78 is 0. The first-order valence-corrected chi connectivity index (χ1v) is 4.73. The summed E-state index contributed by atoms with van der Waals surface area (Å²) in [4.78, 5) is 24.1. The van der Waals surface area contributed by atoms with Crippen molar-refractivity contribution in [3.05, 3.63) is 12.2 Å². The minimum atomic E-state index is 0.0188. The van der Waals surface area contributed by atoms with E-state index in [4.69, 9.17) is 0 Å². The van der Waals surface area contributed by atoms with Crippen LogP contribution in [0.2, 0.25) is 0 Å². The van der Waals surface area contributed by atoms with E-state index in [9.17, 15) is 9.59 Å². The average Bonchev–Trinajstić information content (AvgIpc) is 2.47. The highest BCUT2D eigenvalue weighted by Gasteiger charge is 2.32. The van der Waals surface area contributed by atoms with E-state index in [1.165, 1.54) is 0 Å². The molecular formula is C10H13NO2. The molecule has 13 heavy (non-hydrogen) atoms. The SMILES string of the molecule is O=C1CC(=O)N(C2CC=CCC2)C1. The van der Waals surface area contributed by atoms with E-state index in [0.717, 1.165) is 19.3 Å². The second-order valence-electron chi connectivity index (χ2n) is 3.68. The second-order valence-corrected chi connectivity index (χ2v) is 3.68. The Morgan fingerprint density at radius 3 is 2.69 bits per heavy atom. The molecule has 1 fully saturated rings. The fourth-order valence-corrected chi connectivity index (χ4v) is 2.00. The Labute approximate surface area is 77.4 Å². The van der Waals surface area contributed by atoms with Crippen molar-refractivity contribution in [2.45, 2.75) is 31.7 Å². The van der Waals surface area contributed by atoms with Gasteiger partial charge in [-0.1, -0.05) is 12.2 Å². The molecule has 0 spiro atoms. The molecule has 1 unspecified atom stereocenters. The molecule has 0 aromatic carbocycles. The van der Waals surface area contributed by atoms with E-state index in [2.05, 4.69) is 12.2 Å². The lowest BCUT2D eigenvalue weighted by Gasteiger charge is -2.27. The summed E-state index contributed by atoms with van der Waals surface area (Å²) in [7, 11) is 0. The molecule has 0 aromatic rings. The summed E-state index contributed by atoms with van der Waals surface area (Å²) in [6.07, 6.45) is 7.32. The first-order valence-electron chi connectivity index (χ1n) is 4.73. The Morgan fingerprint density at radius 2 is 2.15 bits per heavy atom. The number of likely N-dealkylation sites (tertiary alicyclic amines) is 1. The van der Waals surface area contributed by atoms with Crippen LogP contribution >= 0.6 is 0 Å². The maximum atomic E-state index is 11.4. The Kier molecular flexibility index (Phi) is 2.17. The van der Waals surface area contributed by atoms with Crippen molar-refractivity contribution < 1.29 is 9.59 Å². The second kappa shape index (κ2) is 3.32. The van der Waals surface area contributed by atoms with Gasteiger partial charge in [-0.15, -0.1) is 0 Å².